The van der Waals surface area contributed by atoms with Crippen molar-refractivity contribution in [2.75, 3.05) is 13.7 Å². The van der Waals surface area contributed by atoms with Gasteiger partial charge in [-0.3, -0.25) is 13.9 Å². The summed E-state index contributed by atoms with van der Waals surface area (Å²) in [6, 6.07) is 17.5. The molecule has 5 aromatic rings. The molecule has 0 saturated heterocycles. The molecule has 7 nitrogen and oxygen atoms in total. The molecule has 0 atom stereocenters. The average molecular weight is 385 g/mol. The van der Waals surface area contributed by atoms with Gasteiger partial charge in [-0.25, -0.2) is 15.0 Å². The SMILES string of the molecule is COCCn1c(C)nc2c(c1=O)c1nc3ccccc3nc1n2-c1ccccc1. The van der Waals surface area contributed by atoms with Crippen molar-refractivity contribution >= 4 is 33.2 Å². The van der Waals surface area contributed by atoms with Crippen LogP contribution in [0.3, 0.4) is 0 Å². The van der Waals surface area contributed by atoms with E-state index in [9.17, 15) is 4.79 Å². The Morgan fingerprint density at radius 1 is 0.897 bits per heavy atom. The monoisotopic (exact) mass is 385 g/mol. The number of aromatic nitrogens is 5. The summed E-state index contributed by atoms with van der Waals surface area (Å²) >= 11 is 0. The number of hydrogen-bond acceptors (Lipinski definition) is 5. The summed E-state index contributed by atoms with van der Waals surface area (Å²) in [6.45, 7) is 2.70. The molecule has 3 heterocycles. The lowest BCUT2D eigenvalue weighted by Gasteiger charge is -2.10. The normalized spacial score (nSPS) is 11.7. The zero-order chi connectivity index (χ0) is 20.0. The Bertz CT molecular complexity index is 1420. The van der Waals surface area contributed by atoms with Gasteiger partial charge in [0.2, 0.25) is 0 Å². The van der Waals surface area contributed by atoms with Crippen molar-refractivity contribution in [2.45, 2.75) is 13.5 Å². The van der Waals surface area contributed by atoms with Crippen LogP contribution in [0, 0.1) is 6.92 Å². The van der Waals surface area contributed by atoms with Gasteiger partial charge >= 0.3 is 0 Å². The molecular formula is C22H19N5O2. The molecule has 0 amide bonds. The summed E-state index contributed by atoms with van der Waals surface area (Å²) in [5, 5.41) is 0.476. The highest BCUT2D eigenvalue weighted by atomic mass is 16.5. The van der Waals surface area contributed by atoms with Gasteiger partial charge in [-0.2, -0.15) is 0 Å². The van der Waals surface area contributed by atoms with Crippen LogP contribution in [0.2, 0.25) is 0 Å². The van der Waals surface area contributed by atoms with Crippen molar-refractivity contribution in [3.8, 4) is 5.69 Å². The van der Waals surface area contributed by atoms with Gasteiger partial charge in [0, 0.05) is 12.8 Å². The molecule has 144 valence electrons. The van der Waals surface area contributed by atoms with Gasteiger partial charge in [-0.15, -0.1) is 0 Å². The van der Waals surface area contributed by atoms with Gasteiger partial charge in [0.05, 0.1) is 24.2 Å². The van der Waals surface area contributed by atoms with Crippen molar-refractivity contribution < 1.29 is 4.74 Å². The summed E-state index contributed by atoms with van der Waals surface area (Å²) in [6.07, 6.45) is 0. The number of rotatable bonds is 4. The van der Waals surface area contributed by atoms with Crippen LogP contribution in [-0.2, 0) is 11.3 Å². The fraction of sp³-hybridized carbons (Fsp3) is 0.182. The molecular weight excluding hydrogens is 366 g/mol. The van der Waals surface area contributed by atoms with Gasteiger partial charge in [0.1, 0.15) is 16.7 Å². The Balaban J connectivity index is 1.98. The largest absolute Gasteiger partial charge is 0.383 e. The van der Waals surface area contributed by atoms with E-state index in [1.807, 2.05) is 66.1 Å². The topological polar surface area (TPSA) is 74.8 Å². The standard InChI is InChI=1S/C22H19N5O2/c1-14-23-20-18(22(28)26(14)12-13-29-2)19-21(27(20)15-8-4-3-5-9-15)25-17-11-7-6-10-16(17)24-19/h3-11H,12-13H2,1-2H3. The molecule has 0 aliphatic rings. The number of aryl methyl sites for hydroxylation is 1. The van der Waals surface area contributed by atoms with E-state index in [-0.39, 0.29) is 5.56 Å². The Hall–Kier alpha value is -3.58. The maximum Gasteiger partial charge on any atom is 0.265 e. The number of benzene rings is 2. The van der Waals surface area contributed by atoms with E-state index in [4.69, 9.17) is 19.7 Å². The second-order valence-corrected chi connectivity index (χ2v) is 6.86. The Morgan fingerprint density at radius 2 is 1.59 bits per heavy atom. The molecule has 0 fully saturated rings. The third-order valence-corrected chi connectivity index (χ3v) is 5.09. The third kappa shape index (κ3) is 2.70. The summed E-state index contributed by atoms with van der Waals surface area (Å²) in [4.78, 5) is 27.9. The first-order valence-corrected chi connectivity index (χ1v) is 9.41. The van der Waals surface area contributed by atoms with Gasteiger partial charge < -0.3 is 4.74 Å². The predicted molar refractivity (Wildman–Crippen MR) is 113 cm³/mol. The van der Waals surface area contributed by atoms with Crippen LogP contribution >= 0.6 is 0 Å². The Labute approximate surface area is 166 Å². The number of nitrogens with zero attached hydrogens (tertiary/aromatic N) is 5. The second kappa shape index (κ2) is 6.79. The van der Waals surface area contributed by atoms with Gasteiger partial charge in [-0.05, 0) is 31.2 Å². The molecule has 2 aromatic carbocycles. The van der Waals surface area contributed by atoms with Crippen LogP contribution in [0.4, 0.5) is 0 Å². The summed E-state index contributed by atoms with van der Waals surface area (Å²) in [7, 11) is 1.62. The minimum atomic E-state index is -0.131. The van der Waals surface area contributed by atoms with Crippen LogP contribution < -0.4 is 5.56 Å². The highest BCUT2D eigenvalue weighted by Gasteiger charge is 2.21. The molecule has 7 heteroatoms. The molecule has 0 aliphatic heterocycles. The zero-order valence-electron chi connectivity index (χ0n) is 16.2. The fourth-order valence-electron chi connectivity index (χ4n) is 3.70. The quantitative estimate of drug-likeness (QED) is 0.475. The van der Waals surface area contributed by atoms with E-state index >= 15 is 0 Å². The second-order valence-electron chi connectivity index (χ2n) is 6.86. The first kappa shape index (κ1) is 17.5. The van der Waals surface area contributed by atoms with Gasteiger partial charge in [0.25, 0.3) is 5.56 Å². The highest BCUT2D eigenvalue weighted by molar-refractivity contribution is 6.05. The molecule has 3 aromatic heterocycles. The predicted octanol–water partition coefficient (Wildman–Crippen LogP) is 3.24. The van der Waals surface area contributed by atoms with Crippen molar-refractivity contribution in [1.29, 1.82) is 0 Å². The van der Waals surface area contributed by atoms with Crippen molar-refractivity contribution in [3.63, 3.8) is 0 Å². The number of methoxy groups -OCH3 is 1. The smallest absolute Gasteiger partial charge is 0.265 e. The molecule has 0 spiro atoms. The van der Waals surface area contributed by atoms with E-state index in [1.165, 1.54) is 0 Å². The molecule has 0 N–H and O–H groups in total. The van der Waals surface area contributed by atoms with Gasteiger partial charge in [0.15, 0.2) is 11.3 Å². The lowest BCUT2D eigenvalue weighted by atomic mass is 10.3. The lowest BCUT2D eigenvalue weighted by Crippen LogP contribution is -2.25. The number of hydrogen-bond donors (Lipinski definition) is 0. The number of fused-ring (bicyclic) bond motifs is 4. The minimum Gasteiger partial charge on any atom is -0.383 e. The van der Waals surface area contributed by atoms with E-state index in [0.29, 0.717) is 41.2 Å². The van der Waals surface area contributed by atoms with Crippen LogP contribution in [0.15, 0.2) is 59.4 Å². The number of ether oxygens (including phenoxy) is 1. The van der Waals surface area contributed by atoms with E-state index in [0.717, 1.165) is 16.7 Å². The van der Waals surface area contributed by atoms with Gasteiger partial charge in [-0.1, -0.05) is 30.3 Å². The highest BCUT2D eigenvalue weighted by Crippen LogP contribution is 2.28. The molecule has 0 saturated carbocycles. The summed E-state index contributed by atoms with van der Waals surface area (Å²) in [5.41, 5.74) is 4.03. The summed E-state index contributed by atoms with van der Waals surface area (Å²) < 4.78 is 8.72. The average Bonchev–Trinajstić information content (AvgIpc) is 3.05. The van der Waals surface area contributed by atoms with Crippen molar-refractivity contribution in [1.82, 2.24) is 24.1 Å². The molecule has 5 rings (SSSR count). The first-order valence-electron chi connectivity index (χ1n) is 9.41. The van der Waals surface area contributed by atoms with Crippen LogP contribution in [0.5, 0.6) is 0 Å². The molecule has 0 radical (unpaired) electrons. The van der Waals surface area contributed by atoms with E-state index in [1.54, 1.807) is 11.7 Å². The fourth-order valence-corrected chi connectivity index (χ4v) is 3.70. The van der Waals surface area contributed by atoms with Crippen LogP contribution in [0.1, 0.15) is 5.82 Å². The van der Waals surface area contributed by atoms with Crippen LogP contribution in [-0.4, -0.2) is 37.8 Å². The number of para-hydroxylation sites is 3. The van der Waals surface area contributed by atoms with Crippen molar-refractivity contribution in [3.05, 3.63) is 70.8 Å². The minimum absolute atomic E-state index is 0.131. The van der Waals surface area contributed by atoms with E-state index < -0.39 is 0 Å². The molecule has 0 unspecified atom stereocenters. The Morgan fingerprint density at radius 3 is 2.31 bits per heavy atom. The maximum absolute atomic E-state index is 13.4. The molecule has 0 bridgehead atoms. The molecule has 0 aliphatic carbocycles. The third-order valence-electron chi connectivity index (χ3n) is 5.09. The first-order chi connectivity index (χ1) is 14.2. The van der Waals surface area contributed by atoms with E-state index in [2.05, 4.69) is 0 Å². The maximum atomic E-state index is 13.4. The lowest BCUT2D eigenvalue weighted by molar-refractivity contribution is 0.185. The summed E-state index contributed by atoms with van der Waals surface area (Å²) in [5.74, 6) is 0.629. The van der Waals surface area contributed by atoms with Crippen LogP contribution in [0.25, 0.3) is 38.9 Å². The Kier molecular flexibility index (Phi) is 4.10. The zero-order valence-corrected chi connectivity index (χ0v) is 16.2. The molecule has 29 heavy (non-hydrogen) atoms. The van der Waals surface area contributed by atoms with Crippen molar-refractivity contribution in [2.24, 2.45) is 0 Å².